The van der Waals surface area contributed by atoms with Gasteiger partial charge < -0.3 is 19.4 Å². The Labute approximate surface area is 222 Å². The minimum atomic E-state index is -4.85. The SMILES string of the molecule is O=C1C2CCCCC2C(=O)N1CC(CN1CCN(c2cc(F)ccc2OC2CCCC2)CC1)OP(=O)(O)O. The lowest BCUT2D eigenvalue weighted by atomic mass is 9.81. The van der Waals surface area contributed by atoms with Crippen LogP contribution in [0.3, 0.4) is 0 Å². The summed E-state index contributed by atoms with van der Waals surface area (Å²) in [6.07, 6.45) is 6.52. The highest BCUT2D eigenvalue weighted by molar-refractivity contribution is 7.46. The van der Waals surface area contributed by atoms with Gasteiger partial charge in [0.1, 0.15) is 17.7 Å². The molecule has 2 aliphatic carbocycles. The van der Waals surface area contributed by atoms with E-state index >= 15 is 0 Å². The van der Waals surface area contributed by atoms with Crippen molar-refractivity contribution in [3.05, 3.63) is 24.0 Å². The Bertz CT molecular complexity index is 1050. The van der Waals surface area contributed by atoms with Crippen molar-refractivity contribution in [1.82, 2.24) is 9.80 Å². The summed E-state index contributed by atoms with van der Waals surface area (Å²) >= 11 is 0. The molecule has 5 rings (SSSR count). The van der Waals surface area contributed by atoms with Gasteiger partial charge in [-0.15, -0.1) is 0 Å². The van der Waals surface area contributed by atoms with E-state index in [1.165, 1.54) is 12.1 Å². The third-order valence-electron chi connectivity index (χ3n) is 8.30. The van der Waals surface area contributed by atoms with Gasteiger partial charge in [-0.25, -0.2) is 8.96 Å². The van der Waals surface area contributed by atoms with E-state index in [9.17, 15) is 28.3 Å². The van der Waals surface area contributed by atoms with Gasteiger partial charge in [0, 0.05) is 38.8 Å². The van der Waals surface area contributed by atoms with Gasteiger partial charge in [-0.3, -0.25) is 23.9 Å². The molecule has 2 saturated heterocycles. The maximum Gasteiger partial charge on any atom is 0.469 e. The van der Waals surface area contributed by atoms with Crippen molar-refractivity contribution in [2.75, 3.05) is 44.2 Å². The third-order valence-corrected chi connectivity index (χ3v) is 8.87. The number of carbonyl (C=O) groups is 2. The molecular weight excluding hydrogens is 516 g/mol. The Kier molecular flexibility index (Phi) is 8.40. The fraction of sp³-hybridized carbons (Fsp3) is 0.692. The first-order chi connectivity index (χ1) is 18.2. The van der Waals surface area contributed by atoms with Crippen molar-refractivity contribution >= 4 is 25.3 Å². The van der Waals surface area contributed by atoms with E-state index in [0.717, 1.165) is 43.4 Å². The lowest BCUT2D eigenvalue weighted by Crippen LogP contribution is -2.51. The van der Waals surface area contributed by atoms with E-state index in [4.69, 9.17) is 9.26 Å². The lowest BCUT2D eigenvalue weighted by molar-refractivity contribution is -0.141. The summed E-state index contributed by atoms with van der Waals surface area (Å²) in [5, 5.41) is 0. The van der Waals surface area contributed by atoms with Crippen molar-refractivity contribution in [1.29, 1.82) is 0 Å². The van der Waals surface area contributed by atoms with Crippen LogP contribution in [-0.2, 0) is 18.7 Å². The quantitative estimate of drug-likeness (QED) is 0.351. The lowest BCUT2D eigenvalue weighted by Gasteiger charge is -2.38. The predicted octanol–water partition coefficient (Wildman–Crippen LogP) is 2.92. The molecule has 3 atom stereocenters. The summed E-state index contributed by atoms with van der Waals surface area (Å²) in [4.78, 5) is 50.1. The minimum absolute atomic E-state index is 0.144. The van der Waals surface area contributed by atoms with E-state index in [1.807, 2.05) is 4.90 Å². The van der Waals surface area contributed by atoms with Crippen LogP contribution in [0.25, 0.3) is 0 Å². The van der Waals surface area contributed by atoms with Crippen molar-refractivity contribution in [3.8, 4) is 5.75 Å². The van der Waals surface area contributed by atoms with Crippen LogP contribution in [-0.4, -0.2) is 82.9 Å². The van der Waals surface area contributed by atoms with Gasteiger partial charge in [0.25, 0.3) is 0 Å². The number of ether oxygens (including phenoxy) is 1. The summed E-state index contributed by atoms with van der Waals surface area (Å²) < 4.78 is 37.1. The molecule has 1 aromatic carbocycles. The van der Waals surface area contributed by atoms with E-state index in [1.54, 1.807) is 6.07 Å². The number of nitrogens with zero attached hydrogens (tertiary/aromatic N) is 3. The standard InChI is InChI=1S/C26H37FN3O7P/c27-18-9-10-24(36-19-5-1-2-6-19)23(15-18)29-13-11-28(12-14-29)16-20(37-38(33,34)35)17-30-25(31)21-7-3-4-8-22(21)26(30)32/h9-10,15,19-22H,1-8,11-14,16-17H2,(H2,33,34,35). The molecule has 12 heteroatoms. The normalized spacial score (nSPS) is 26.2. The first kappa shape index (κ1) is 27.5. The first-order valence-electron chi connectivity index (χ1n) is 13.7. The Hall–Kier alpha value is -2.04. The molecule has 2 N–H and O–H groups in total. The van der Waals surface area contributed by atoms with Crippen LogP contribution in [0.5, 0.6) is 5.75 Å². The van der Waals surface area contributed by atoms with Crippen molar-refractivity contribution in [2.24, 2.45) is 11.8 Å². The Morgan fingerprint density at radius 3 is 2.13 bits per heavy atom. The molecule has 0 radical (unpaired) electrons. The average Bonchev–Trinajstić information content (AvgIpc) is 3.47. The monoisotopic (exact) mass is 553 g/mol. The van der Waals surface area contributed by atoms with Crippen LogP contribution in [0.4, 0.5) is 10.1 Å². The van der Waals surface area contributed by atoms with Crippen molar-refractivity contribution in [2.45, 2.75) is 63.6 Å². The number of anilines is 1. The highest BCUT2D eigenvalue weighted by Gasteiger charge is 2.49. The molecule has 38 heavy (non-hydrogen) atoms. The topological polar surface area (TPSA) is 120 Å². The van der Waals surface area contributed by atoms with E-state index < -0.39 is 13.9 Å². The van der Waals surface area contributed by atoms with Gasteiger partial charge in [0.15, 0.2) is 0 Å². The largest absolute Gasteiger partial charge is 0.488 e. The van der Waals surface area contributed by atoms with Gasteiger partial charge in [0.05, 0.1) is 30.2 Å². The summed E-state index contributed by atoms with van der Waals surface area (Å²) in [6.45, 7) is 2.15. The molecule has 4 aliphatic rings. The molecule has 0 aromatic heterocycles. The second kappa shape index (κ2) is 11.6. The van der Waals surface area contributed by atoms with Gasteiger partial charge >= 0.3 is 7.82 Å². The van der Waals surface area contributed by atoms with Gasteiger partial charge in [-0.2, -0.15) is 0 Å². The Morgan fingerprint density at radius 1 is 0.921 bits per heavy atom. The maximum atomic E-state index is 14.1. The molecule has 4 fully saturated rings. The number of piperazine rings is 1. The van der Waals surface area contributed by atoms with Crippen LogP contribution in [0.2, 0.25) is 0 Å². The zero-order valence-corrected chi connectivity index (χ0v) is 22.4. The number of benzene rings is 1. The fourth-order valence-electron chi connectivity index (χ4n) is 6.42. The molecular formula is C26H37FN3O7P. The third kappa shape index (κ3) is 6.39. The molecule has 10 nitrogen and oxygen atoms in total. The fourth-order valence-corrected chi connectivity index (χ4v) is 6.94. The van der Waals surface area contributed by atoms with E-state index in [2.05, 4.69) is 4.90 Å². The van der Waals surface area contributed by atoms with Crippen LogP contribution >= 0.6 is 7.82 Å². The molecule has 3 unspecified atom stereocenters. The van der Waals surface area contributed by atoms with Gasteiger partial charge in [-0.05, 0) is 50.7 Å². The van der Waals surface area contributed by atoms with Crippen molar-refractivity contribution in [3.63, 3.8) is 0 Å². The minimum Gasteiger partial charge on any atom is -0.488 e. The van der Waals surface area contributed by atoms with E-state index in [-0.39, 0.29) is 48.7 Å². The Balaban J connectivity index is 1.22. The number of imide groups is 1. The highest BCUT2D eigenvalue weighted by atomic mass is 31.2. The van der Waals surface area contributed by atoms with Crippen LogP contribution in [0, 0.1) is 17.7 Å². The smallest absolute Gasteiger partial charge is 0.469 e. The Morgan fingerprint density at radius 2 is 1.53 bits per heavy atom. The zero-order valence-electron chi connectivity index (χ0n) is 21.5. The number of halogens is 1. The predicted molar refractivity (Wildman–Crippen MR) is 137 cm³/mol. The summed E-state index contributed by atoms with van der Waals surface area (Å²) in [5.74, 6) is -0.849. The van der Waals surface area contributed by atoms with Gasteiger partial charge in [-0.1, -0.05) is 12.8 Å². The molecule has 2 aliphatic heterocycles. The first-order valence-corrected chi connectivity index (χ1v) is 15.2. The number of phosphoric ester groups is 1. The zero-order chi connectivity index (χ0) is 26.9. The second-order valence-electron chi connectivity index (χ2n) is 10.9. The van der Waals surface area contributed by atoms with Crippen LogP contribution in [0.1, 0.15) is 51.4 Å². The summed E-state index contributed by atoms with van der Waals surface area (Å²) in [7, 11) is -4.85. The summed E-state index contributed by atoms with van der Waals surface area (Å²) in [6, 6.07) is 4.58. The second-order valence-corrected chi connectivity index (χ2v) is 12.1. The number of rotatable bonds is 9. The summed E-state index contributed by atoms with van der Waals surface area (Å²) in [5.41, 5.74) is 0.704. The number of phosphoric acid groups is 1. The molecule has 2 heterocycles. The highest BCUT2D eigenvalue weighted by Crippen LogP contribution is 2.41. The van der Waals surface area contributed by atoms with Gasteiger partial charge in [0.2, 0.25) is 11.8 Å². The average molecular weight is 554 g/mol. The van der Waals surface area contributed by atoms with Crippen LogP contribution < -0.4 is 9.64 Å². The molecule has 0 bridgehead atoms. The van der Waals surface area contributed by atoms with Crippen molar-refractivity contribution < 1.29 is 37.6 Å². The number of hydrogen-bond acceptors (Lipinski definition) is 7. The maximum absolute atomic E-state index is 14.1. The van der Waals surface area contributed by atoms with E-state index in [0.29, 0.717) is 50.5 Å². The number of carbonyl (C=O) groups excluding carboxylic acids is 2. The van der Waals surface area contributed by atoms with Crippen LogP contribution in [0.15, 0.2) is 18.2 Å². The molecule has 2 amide bonds. The number of amides is 2. The molecule has 1 aromatic rings. The number of hydrogen-bond donors (Lipinski definition) is 2. The molecule has 2 saturated carbocycles. The molecule has 210 valence electrons. The molecule has 0 spiro atoms. The number of likely N-dealkylation sites (tertiary alicyclic amines) is 1. The number of fused-ring (bicyclic) bond motifs is 1.